The van der Waals surface area contributed by atoms with E-state index < -0.39 is 0 Å². The number of hydrogen-bond acceptors (Lipinski definition) is 3. The van der Waals surface area contributed by atoms with Crippen molar-refractivity contribution in [1.29, 1.82) is 0 Å². The number of amides is 1. The first-order chi connectivity index (χ1) is 8.75. The van der Waals surface area contributed by atoms with Gasteiger partial charge in [-0.05, 0) is 43.0 Å². The highest BCUT2D eigenvalue weighted by molar-refractivity contribution is 8.00. The molecule has 3 rings (SSSR count). The third kappa shape index (κ3) is 2.15. The molecule has 96 valence electrons. The van der Waals surface area contributed by atoms with E-state index in [-0.39, 0.29) is 5.91 Å². The fraction of sp³-hybridized carbons (Fsp3) is 0.500. The topological polar surface area (TPSA) is 32.3 Å². The van der Waals surface area contributed by atoms with Crippen LogP contribution < -0.4 is 10.2 Å². The van der Waals surface area contributed by atoms with E-state index in [4.69, 9.17) is 0 Å². The lowest BCUT2D eigenvalue weighted by atomic mass is 9.91. The Morgan fingerprint density at radius 2 is 2.33 bits per heavy atom. The minimum atomic E-state index is 0.194. The van der Waals surface area contributed by atoms with Gasteiger partial charge in [-0.3, -0.25) is 4.79 Å². The van der Waals surface area contributed by atoms with E-state index in [0.717, 1.165) is 18.8 Å². The van der Waals surface area contributed by atoms with Crippen LogP contribution in [0.15, 0.2) is 23.1 Å². The van der Waals surface area contributed by atoms with E-state index in [0.29, 0.717) is 11.7 Å². The van der Waals surface area contributed by atoms with Crippen molar-refractivity contribution in [2.24, 2.45) is 0 Å². The number of nitrogens with one attached hydrogen (secondary N) is 1. The maximum atomic E-state index is 11.6. The Balaban J connectivity index is 1.89. The first-order valence-corrected chi connectivity index (χ1v) is 7.48. The van der Waals surface area contributed by atoms with E-state index in [1.165, 1.54) is 23.3 Å². The summed E-state index contributed by atoms with van der Waals surface area (Å²) in [7, 11) is 1.86. The Kier molecular flexibility index (Phi) is 3.31. The number of anilines is 1. The molecule has 4 heteroatoms. The SMILES string of the molecule is CN1C(=O)CSc2cc(C3CCCNC3)ccc21. The van der Waals surface area contributed by atoms with E-state index in [1.54, 1.807) is 16.7 Å². The Labute approximate surface area is 112 Å². The monoisotopic (exact) mass is 262 g/mol. The molecule has 1 aromatic rings. The zero-order valence-corrected chi connectivity index (χ0v) is 11.4. The van der Waals surface area contributed by atoms with Crippen molar-refractivity contribution in [2.45, 2.75) is 23.7 Å². The molecular formula is C14H18N2OS. The van der Waals surface area contributed by atoms with Crippen LogP contribution in [0.25, 0.3) is 0 Å². The molecule has 0 aliphatic carbocycles. The zero-order chi connectivity index (χ0) is 12.5. The highest BCUT2D eigenvalue weighted by Crippen LogP contribution is 2.37. The molecule has 1 N–H and O–H groups in total. The van der Waals surface area contributed by atoms with Crippen LogP contribution in [0.2, 0.25) is 0 Å². The summed E-state index contributed by atoms with van der Waals surface area (Å²) in [6, 6.07) is 6.57. The van der Waals surface area contributed by atoms with Crippen LogP contribution in [0.3, 0.4) is 0 Å². The highest BCUT2D eigenvalue weighted by atomic mass is 32.2. The molecule has 2 aliphatic rings. The fourth-order valence-electron chi connectivity index (χ4n) is 2.68. The van der Waals surface area contributed by atoms with Gasteiger partial charge in [0.05, 0.1) is 11.4 Å². The molecule has 0 saturated carbocycles. The van der Waals surface area contributed by atoms with Crippen LogP contribution >= 0.6 is 11.8 Å². The molecular weight excluding hydrogens is 244 g/mol. The summed E-state index contributed by atoms with van der Waals surface area (Å²) in [6.45, 7) is 2.23. The summed E-state index contributed by atoms with van der Waals surface area (Å²) in [4.78, 5) is 14.7. The fourth-order valence-corrected chi connectivity index (χ4v) is 3.73. The van der Waals surface area contributed by atoms with Crippen LogP contribution in [0, 0.1) is 0 Å². The quantitative estimate of drug-likeness (QED) is 0.842. The lowest BCUT2D eigenvalue weighted by molar-refractivity contribution is -0.116. The van der Waals surface area contributed by atoms with Gasteiger partial charge in [0.25, 0.3) is 0 Å². The molecule has 1 aromatic carbocycles. The minimum Gasteiger partial charge on any atom is -0.316 e. The Morgan fingerprint density at radius 3 is 3.11 bits per heavy atom. The number of carbonyl (C=O) groups excluding carboxylic acids is 1. The van der Waals surface area contributed by atoms with Crippen molar-refractivity contribution >= 4 is 23.4 Å². The molecule has 1 amide bonds. The van der Waals surface area contributed by atoms with Gasteiger partial charge in [0.1, 0.15) is 0 Å². The second kappa shape index (κ2) is 4.94. The molecule has 0 spiro atoms. The van der Waals surface area contributed by atoms with Crippen LogP contribution in [0.5, 0.6) is 0 Å². The Hall–Kier alpha value is -1.00. The number of carbonyl (C=O) groups is 1. The van der Waals surface area contributed by atoms with Gasteiger partial charge >= 0.3 is 0 Å². The third-order valence-corrected chi connectivity index (χ3v) is 4.87. The van der Waals surface area contributed by atoms with Gasteiger partial charge in [-0.1, -0.05) is 6.07 Å². The van der Waals surface area contributed by atoms with Gasteiger partial charge < -0.3 is 10.2 Å². The van der Waals surface area contributed by atoms with Crippen molar-refractivity contribution in [1.82, 2.24) is 5.32 Å². The molecule has 1 saturated heterocycles. The lowest BCUT2D eigenvalue weighted by Gasteiger charge is -2.28. The number of fused-ring (bicyclic) bond motifs is 1. The Bertz CT molecular complexity index is 469. The van der Waals surface area contributed by atoms with Gasteiger partial charge in [-0.2, -0.15) is 0 Å². The van der Waals surface area contributed by atoms with Gasteiger partial charge in [0.2, 0.25) is 5.91 Å². The van der Waals surface area contributed by atoms with Crippen LogP contribution in [0.1, 0.15) is 24.3 Å². The molecule has 0 bridgehead atoms. The lowest BCUT2D eigenvalue weighted by Crippen LogP contribution is -2.31. The standard InChI is InChI=1S/C14H18N2OS/c1-16-12-5-4-10(11-3-2-6-15-8-11)7-13(12)18-9-14(16)17/h4-5,7,11,15H,2-3,6,8-9H2,1H3. The molecule has 1 atom stereocenters. The third-order valence-electron chi connectivity index (χ3n) is 3.84. The highest BCUT2D eigenvalue weighted by Gasteiger charge is 2.23. The Morgan fingerprint density at radius 1 is 1.44 bits per heavy atom. The molecule has 0 aromatic heterocycles. The number of piperidine rings is 1. The molecule has 3 nitrogen and oxygen atoms in total. The average Bonchev–Trinajstić information content (AvgIpc) is 2.44. The molecule has 1 fully saturated rings. The van der Waals surface area contributed by atoms with Gasteiger partial charge in [0.15, 0.2) is 0 Å². The number of benzene rings is 1. The van der Waals surface area contributed by atoms with Crippen molar-refractivity contribution in [3.05, 3.63) is 23.8 Å². The minimum absolute atomic E-state index is 0.194. The predicted molar refractivity (Wildman–Crippen MR) is 75.4 cm³/mol. The molecule has 0 radical (unpaired) electrons. The summed E-state index contributed by atoms with van der Waals surface area (Å²) in [5.41, 5.74) is 2.47. The first kappa shape index (κ1) is 12.1. The summed E-state index contributed by atoms with van der Waals surface area (Å²) in [5.74, 6) is 1.39. The first-order valence-electron chi connectivity index (χ1n) is 6.50. The van der Waals surface area contributed by atoms with E-state index in [2.05, 4.69) is 23.5 Å². The second-order valence-electron chi connectivity index (χ2n) is 5.01. The van der Waals surface area contributed by atoms with E-state index in [9.17, 15) is 4.79 Å². The maximum absolute atomic E-state index is 11.6. The van der Waals surface area contributed by atoms with Crippen molar-refractivity contribution in [2.75, 3.05) is 30.8 Å². The summed E-state index contributed by atoms with van der Waals surface area (Å²) in [5, 5.41) is 3.46. The molecule has 2 aliphatic heterocycles. The second-order valence-corrected chi connectivity index (χ2v) is 6.03. The largest absolute Gasteiger partial charge is 0.316 e. The molecule has 1 unspecified atom stereocenters. The summed E-state index contributed by atoms with van der Waals surface area (Å²) < 4.78 is 0. The average molecular weight is 262 g/mol. The van der Waals surface area contributed by atoms with Crippen molar-refractivity contribution in [3.63, 3.8) is 0 Å². The van der Waals surface area contributed by atoms with Gasteiger partial charge in [-0.25, -0.2) is 0 Å². The van der Waals surface area contributed by atoms with Crippen LogP contribution in [-0.4, -0.2) is 31.8 Å². The van der Waals surface area contributed by atoms with Gasteiger partial charge in [-0.15, -0.1) is 11.8 Å². The summed E-state index contributed by atoms with van der Waals surface area (Å²) in [6.07, 6.45) is 2.53. The van der Waals surface area contributed by atoms with Crippen LogP contribution in [-0.2, 0) is 4.79 Å². The number of thioether (sulfide) groups is 1. The van der Waals surface area contributed by atoms with Crippen molar-refractivity contribution < 1.29 is 4.79 Å². The smallest absolute Gasteiger partial charge is 0.237 e. The van der Waals surface area contributed by atoms with Crippen molar-refractivity contribution in [3.8, 4) is 0 Å². The molecule has 2 heterocycles. The molecule has 18 heavy (non-hydrogen) atoms. The number of hydrogen-bond donors (Lipinski definition) is 1. The number of nitrogens with zero attached hydrogens (tertiary/aromatic N) is 1. The van der Waals surface area contributed by atoms with E-state index >= 15 is 0 Å². The van der Waals surface area contributed by atoms with E-state index in [1.807, 2.05) is 7.05 Å². The zero-order valence-electron chi connectivity index (χ0n) is 10.6. The maximum Gasteiger partial charge on any atom is 0.237 e. The van der Waals surface area contributed by atoms with Gasteiger partial charge in [0, 0.05) is 18.5 Å². The predicted octanol–water partition coefficient (Wildman–Crippen LogP) is 2.22. The number of rotatable bonds is 1. The summed E-state index contributed by atoms with van der Waals surface area (Å²) >= 11 is 1.67. The van der Waals surface area contributed by atoms with Crippen LogP contribution in [0.4, 0.5) is 5.69 Å². The normalized spacial score (nSPS) is 23.9.